The van der Waals surface area contributed by atoms with E-state index in [0.29, 0.717) is 13.0 Å². The Morgan fingerprint density at radius 2 is 1.04 bits per heavy atom. The zero-order valence-corrected chi connectivity index (χ0v) is 35.3. The number of rotatable bonds is 35. The van der Waals surface area contributed by atoms with Gasteiger partial charge in [0.05, 0.1) is 13.2 Å². The summed E-state index contributed by atoms with van der Waals surface area (Å²) < 4.78 is 34.1. The smallest absolute Gasteiger partial charge is 0.457 e. The fourth-order valence-corrected chi connectivity index (χ4v) is 7.16. The van der Waals surface area contributed by atoms with Crippen molar-refractivity contribution in [3.05, 3.63) is 48.6 Å². The highest BCUT2D eigenvalue weighted by Gasteiger charge is 2.51. The van der Waals surface area contributed by atoms with Gasteiger partial charge in [-0.1, -0.05) is 127 Å². The molecule has 1 aliphatic carbocycles. The second kappa shape index (κ2) is 34.2. The standard InChI is InChI=1S/C43H77O12P/c1-3-5-7-9-11-13-15-17-18-19-21-23-25-27-29-31-33-52-34-36(35-53-56(50,51)55-43-41(48)39(46)38(45)40(47)42(43)49)54-37(44)32-30-28-26-24-22-20-16-14-12-10-8-6-4-2/h8,10-11,13-14,16-18,36,38-43,45-49H,3-7,9,12,15,19-35H2,1-2H3,(H,50,51)/b10-8-,13-11-,16-14-,18-17-. The minimum absolute atomic E-state index is 0.0911. The summed E-state index contributed by atoms with van der Waals surface area (Å²) in [5.74, 6) is -0.498. The summed E-state index contributed by atoms with van der Waals surface area (Å²) in [6.45, 7) is 4.11. The van der Waals surface area contributed by atoms with E-state index in [9.17, 15) is 39.8 Å². The van der Waals surface area contributed by atoms with E-state index in [2.05, 4.69) is 62.5 Å². The van der Waals surface area contributed by atoms with Gasteiger partial charge in [0.25, 0.3) is 0 Å². The molecule has 0 amide bonds. The summed E-state index contributed by atoms with van der Waals surface area (Å²) >= 11 is 0. The average Bonchev–Trinajstić information content (AvgIpc) is 3.18. The maximum absolute atomic E-state index is 12.8. The summed E-state index contributed by atoms with van der Waals surface area (Å²) in [5.41, 5.74) is 0. The van der Waals surface area contributed by atoms with E-state index in [-0.39, 0.29) is 13.0 Å². The largest absolute Gasteiger partial charge is 0.472 e. The predicted molar refractivity (Wildman–Crippen MR) is 221 cm³/mol. The highest BCUT2D eigenvalue weighted by Crippen LogP contribution is 2.47. The molecule has 1 aliphatic rings. The Labute approximate surface area is 337 Å². The Morgan fingerprint density at radius 3 is 1.57 bits per heavy atom. The molecule has 56 heavy (non-hydrogen) atoms. The molecule has 1 rings (SSSR count). The van der Waals surface area contributed by atoms with Gasteiger partial charge in [-0.3, -0.25) is 13.8 Å². The van der Waals surface area contributed by atoms with Crippen LogP contribution in [0.4, 0.5) is 0 Å². The van der Waals surface area contributed by atoms with E-state index in [1.54, 1.807) is 0 Å². The van der Waals surface area contributed by atoms with Crippen LogP contribution in [0.5, 0.6) is 0 Å². The average molecular weight is 817 g/mol. The molecule has 0 radical (unpaired) electrons. The van der Waals surface area contributed by atoms with Gasteiger partial charge in [-0.15, -0.1) is 0 Å². The number of phosphoric acid groups is 1. The Morgan fingerprint density at radius 1 is 0.571 bits per heavy atom. The van der Waals surface area contributed by atoms with Gasteiger partial charge >= 0.3 is 13.8 Å². The number of unbranched alkanes of at least 4 members (excludes halogenated alkanes) is 15. The highest BCUT2D eigenvalue weighted by molar-refractivity contribution is 7.47. The molecule has 0 saturated heterocycles. The lowest BCUT2D eigenvalue weighted by molar-refractivity contribution is -0.220. The molecule has 0 heterocycles. The lowest BCUT2D eigenvalue weighted by Crippen LogP contribution is -2.64. The normalized spacial score (nSPS) is 23.5. The molecule has 0 spiro atoms. The van der Waals surface area contributed by atoms with Crippen LogP contribution in [0.15, 0.2) is 48.6 Å². The summed E-state index contributed by atoms with van der Waals surface area (Å²) in [4.78, 5) is 23.1. The van der Waals surface area contributed by atoms with E-state index in [1.165, 1.54) is 32.1 Å². The second-order valence-electron chi connectivity index (χ2n) is 14.8. The van der Waals surface area contributed by atoms with E-state index in [4.69, 9.17) is 18.5 Å². The van der Waals surface area contributed by atoms with Crippen LogP contribution < -0.4 is 0 Å². The van der Waals surface area contributed by atoms with Gasteiger partial charge < -0.3 is 39.9 Å². The van der Waals surface area contributed by atoms with Crippen LogP contribution in [-0.2, 0) is 27.9 Å². The van der Waals surface area contributed by atoms with Crippen molar-refractivity contribution >= 4 is 13.8 Å². The number of carbonyl (C=O) groups is 1. The maximum atomic E-state index is 12.8. The highest BCUT2D eigenvalue weighted by atomic mass is 31.2. The fraction of sp³-hybridized carbons (Fsp3) is 0.791. The lowest BCUT2D eigenvalue weighted by Gasteiger charge is -2.41. The predicted octanol–water partition coefficient (Wildman–Crippen LogP) is 8.08. The number of ether oxygens (including phenoxy) is 2. The molecule has 1 saturated carbocycles. The number of phosphoric ester groups is 1. The molecule has 0 bridgehead atoms. The third-order valence-electron chi connectivity index (χ3n) is 9.66. The Hall–Kier alpha value is -1.70. The number of allylic oxidation sites excluding steroid dienone is 8. The van der Waals surface area contributed by atoms with Gasteiger partial charge in [0, 0.05) is 13.0 Å². The third-order valence-corrected chi connectivity index (χ3v) is 10.6. The van der Waals surface area contributed by atoms with Crippen molar-refractivity contribution in [2.45, 2.75) is 198 Å². The first kappa shape index (κ1) is 52.3. The van der Waals surface area contributed by atoms with Gasteiger partial charge in [-0.05, 0) is 70.6 Å². The van der Waals surface area contributed by atoms with Gasteiger partial charge in [0.2, 0.25) is 0 Å². The number of aliphatic hydroxyl groups is 5. The SMILES string of the molecule is CCC/C=C\C/C=C\CCCCCCCC(=O)OC(COCCCCCCCC/C=C\C/C=C\CCCCC)COP(=O)(O)OC1C(O)C(O)C(O)C(O)C1O. The van der Waals surface area contributed by atoms with Crippen molar-refractivity contribution in [1.29, 1.82) is 0 Å². The summed E-state index contributed by atoms with van der Waals surface area (Å²) in [5, 5.41) is 50.1. The third kappa shape index (κ3) is 26.3. The zero-order valence-electron chi connectivity index (χ0n) is 34.4. The van der Waals surface area contributed by atoms with Crippen molar-refractivity contribution < 1.29 is 58.3 Å². The van der Waals surface area contributed by atoms with Crippen LogP contribution in [0.25, 0.3) is 0 Å². The van der Waals surface area contributed by atoms with Crippen LogP contribution >= 0.6 is 7.82 Å². The Balaban J connectivity index is 2.45. The fourth-order valence-electron chi connectivity index (χ4n) is 6.19. The first-order valence-corrected chi connectivity index (χ1v) is 23.0. The van der Waals surface area contributed by atoms with E-state index < -0.39 is 63.1 Å². The van der Waals surface area contributed by atoms with Crippen molar-refractivity contribution in [3.63, 3.8) is 0 Å². The van der Waals surface area contributed by atoms with Gasteiger partial charge in [0.15, 0.2) is 0 Å². The molecule has 6 atom stereocenters. The molecule has 326 valence electrons. The van der Waals surface area contributed by atoms with Crippen molar-refractivity contribution in [2.24, 2.45) is 0 Å². The number of esters is 1. The maximum Gasteiger partial charge on any atom is 0.472 e. The lowest BCUT2D eigenvalue weighted by atomic mass is 9.85. The number of carbonyl (C=O) groups excluding carboxylic acids is 1. The van der Waals surface area contributed by atoms with Crippen molar-refractivity contribution in [1.82, 2.24) is 0 Å². The molecule has 13 heteroatoms. The van der Waals surface area contributed by atoms with Crippen LogP contribution in [0.1, 0.15) is 155 Å². The number of hydrogen-bond donors (Lipinski definition) is 6. The molecular formula is C43H77O12P. The van der Waals surface area contributed by atoms with E-state index in [0.717, 1.165) is 96.3 Å². The topological polar surface area (TPSA) is 192 Å². The Kier molecular flexibility index (Phi) is 31.9. The first-order chi connectivity index (χ1) is 27.0. The summed E-state index contributed by atoms with van der Waals surface area (Å²) in [6, 6.07) is 0. The van der Waals surface area contributed by atoms with Gasteiger partial charge in [-0.25, -0.2) is 4.57 Å². The summed E-state index contributed by atoms with van der Waals surface area (Å²) in [6.07, 6.45) is 27.5. The molecule has 12 nitrogen and oxygen atoms in total. The molecule has 0 aromatic heterocycles. The van der Waals surface area contributed by atoms with Crippen LogP contribution in [0.3, 0.4) is 0 Å². The molecule has 1 fully saturated rings. The number of aliphatic hydroxyl groups excluding tert-OH is 5. The molecule has 6 unspecified atom stereocenters. The second-order valence-corrected chi connectivity index (χ2v) is 16.2. The van der Waals surface area contributed by atoms with Crippen LogP contribution in [0, 0.1) is 0 Å². The van der Waals surface area contributed by atoms with E-state index in [1.807, 2.05) is 0 Å². The molecule has 6 N–H and O–H groups in total. The van der Waals surface area contributed by atoms with E-state index >= 15 is 0 Å². The Bertz CT molecular complexity index is 1110. The van der Waals surface area contributed by atoms with Crippen LogP contribution in [0.2, 0.25) is 0 Å². The van der Waals surface area contributed by atoms with Gasteiger partial charge in [0.1, 0.15) is 42.7 Å². The molecule has 0 aromatic carbocycles. The van der Waals surface area contributed by atoms with Crippen LogP contribution in [-0.4, -0.2) is 98.9 Å². The number of hydrogen-bond acceptors (Lipinski definition) is 11. The summed E-state index contributed by atoms with van der Waals surface area (Å²) in [7, 11) is -5.02. The monoisotopic (exact) mass is 817 g/mol. The molecular weight excluding hydrogens is 739 g/mol. The molecule has 0 aromatic rings. The first-order valence-electron chi connectivity index (χ1n) is 21.5. The van der Waals surface area contributed by atoms with Gasteiger partial charge in [-0.2, -0.15) is 0 Å². The quantitative estimate of drug-likeness (QED) is 0.0156. The zero-order chi connectivity index (χ0) is 41.3. The van der Waals surface area contributed by atoms with Crippen molar-refractivity contribution in [2.75, 3.05) is 19.8 Å². The minimum Gasteiger partial charge on any atom is -0.457 e. The minimum atomic E-state index is -5.02. The van der Waals surface area contributed by atoms with Crippen molar-refractivity contribution in [3.8, 4) is 0 Å². The molecule has 0 aliphatic heterocycles.